The maximum atomic E-state index is 11.8. The lowest BCUT2D eigenvalue weighted by atomic mass is 10.1. The van der Waals surface area contributed by atoms with E-state index in [0.29, 0.717) is 32.3 Å². The quantitative estimate of drug-likeness (QED) is 0.236. The van der Waals surface area contributed by atoms with Crippen molar-refractivity contribution >= 4 is 59.1 Å². The van der Waals surface area contributed by atoms with Crippen LogP contribution in [0.4, 0.5) is 0 Å². The van der Waals surface area contributed by atoms with E-state index in [9.17, 15) is 8.42 Å². The largest absolute Gasteiger partial charge is 0.391 e. The minimum absolute atomic E-state index is 0.176. The zero-order valence-electron chi connectivity index (χ0n) is 26.1. The van der Waals surface area contributed by atoms with Crippen molar-refractivity contribution in [2.24, 2.45) is 4.99 Å². The molecule has 0 aliphatic carbocycles. The smallest absolute Gasteiger partial charge is 0.297 e. The normalized spacial score (nSPS) is 21.3. The standard InChI is InChI=1S/C11H11BrN2O.C11H14O4S.C8H6BrN.C4H8O2/c12-9-1-2-11-8(5-9)6-13-14(11)10-3-4-15-7-10;1-9-2-4-11(5-3-9)16(12,13)15-10-6-7-14-8-10;9-8-2-1-6-4-10-5-7(6)3-8;5-4-1-2-6-3-4/h1-2,5-6,10H,3-4,7H2;2-5,10H,6-8H2,1H3;1-3,5H,4H2;4-5H,1-3H2/t;10-;;4-/m.1.1/s1. The van der Waals surface area contributed by atoms with Crippen molar-refractivity contribution in [3.05, 3.63) is 92.5 Å². The fraction of sp³-hybridized carbons (Fsp3) is 0.412. The van der Waals surface area contributed by atoms with E-state index < -0.39 is 10.1 Å². The van der Waals surface area contributed by atoms with Crippen molar-refractivity contribution in [1.82, 2.24) is 9.78 Å². The minimum Gasteiger partial charge on any atom is -0.391 e. The SMILES string of the molecule is Brc1ccc2c(c1)C=NC2.Brc1ccc2c(cnn2C2CCOC2)c1.Cc1ccc(S(=O)(=O)O[C@@H]2CCOC2)cc1.O[C@@H]1CCOC1. The van der Waals surface area contributed by atoms with Crippen LogP contribution in [0.15, 0.2) is 85.7 Å². The summed E-state index contributed by atoms with van der Waals surface area (Å²) in [6, 6.07) is 19.5. The Kier molecular flexibility index (Phi) is 13.1. The van der Waals surface area contributed by atoms with Crippen LogP contribution in [0, 0.1) is 6.92 Å². The van der Waals surface area contributed by atoms with E-state index in [1.807, 2.05) is 25.4 Å². The number of ether oxygens (including phenoxy) is 3. The van der Waals surface area contributed by atoms with E-state index >= 15 is 0 Å². The van der Waals surface area contributed by atoms with E-state index in [2.05, 4.69) is 77.0 Å². The van der Waals surface area contributed by atoms with Gasteiger partial charge >= 0.3 is 0 Å². The lowest BCUT2D eigenvalue weighted by Gasteiger charge is -2.10. The average Bonchev–Trinajstić information content (AvgIpc) is 3.89. The van der Waals surface area contributed by atoms with Crippen LogP contribution in [0.2, 0.25) is 0 Å². The third kappa shape index (κ3) is 10.5. The molecule has 0 bridgehead atoms. The molecule has 3 saturated heterocycles. The molecule has 4 aliphatic rings. The van der Waals surface area contributed by atoms with Crippen molar-refractivity contribution < 1.29 is 31.9 Å². The molecule has 1 aromatic heterocycles. The van der Waals surface area contributed by atoms with Gasteiger partial charge in [-0.25, -0.2) is 0 Å². The molecule has 1 N–H and O–H groups in total. The fourth-order valence-corrected chi connectivity index (χ4v) is 7.00. The first-order valence-corrected chi connectivity index (χ1v) is 18.5. The summed E-state index contributed by atoms with van der Waals surface area (Å²) in [5.41, 5.74) is 4.77. The number of aryl methyl sites for hydroxylation is 1. The Hall–Kier alpha value is -2.49. The summed E-state index contributed by atoms with van der Waals surface area (Å²) in [7, 11) is -3.64. The van der Waals surface area contributed by atoms with Gasteiger partial charge in [-0.05, 0) is 73.4 Å². The first kappa shape index (κ1) is 35.8. The van der Waals surface area contributed by atoms with E-state index in [1.54, 1.807) is 24.3 Å². The highest BCUT2D eigenvalue weighted by atomic mass is 79.9. The molecule has 252 valence electrons. The number of benzene rings is 3. The van der Waals surface area contributed by atoms with Crippen LogP contribution < -0.4 is 0 Å². The Morgan fingerprint density at radius 1 is 0.872 bits per heavy atom. The van der Waals surface area contributed by atoms with Crippen LogP contribution in [0.5, 0.6) is 0 Å². The Balaban J connectivity index is 0.000000129. The molecule has 5 heterocycles. The number of nitrogens with zero attached hydrogens (tertiary/aromatic N) is 3. The van der Waals surface area contributed by atoms with Crippen LogP contribution in [0.25, 0.3) is 10.9 Å². The molecule has 1 unspecified atom stereocenters. The Bertz CT molecular complexity index is 1730. The van der Waals surface area contributed by atoms with Gasteiger partial charge in [0, 0.05) is 46.8 Å². The maximum Gasteiger partial charge on any atom is 0.297 e. The van der Waals surface area contributed by atoms with E-state index in [-0.39, 0.29) is 17.1 Å². The molecule has 0 saturated carbocycles. The Morgan fingerprint density at radius 2 is 1.57 bits per heavy atom. The summed E-state index contributed by atoms with van der Waals surface area (Å²) in [5.74, 6) is 0. The third-order valence-electron chi connectivity index (χ3n) is 7.78. The van der Waals surface area contributed by atoms with Crippen LogP contribution in [-0.2, 0) is 35.1 Å². The highest BCUT2D eigenvalue weighted by Gasteiger charge is 2.25. The number of rotatable bonds is 4. The molecular weight excluding hydrogens is 754 g/mol. The van der Waals surface area contributed by atoms with E-state index in [0.717, 1.165) is 53.7 Å². The summed E-state index contributed by atoms with van der Waals surface area (Å²) in [6.45, 7) is 6.58. The first-order chi connectivity index (χ1) is 22.7. The van der Waals surface area contributed by atoms with Crippen molar-refractivity contribution in [3.63, 3.8) is 0 Å². The lowest BCUT2D eigenvalue weighted by Crippen LogP contribution is -2.18. The van der Waals surface area contributed by atoms with Crippen molar-refractivity contribution in [1.29, 1.82) is 0 Å². The lowest BCUT2D eigenvalue weighted by molar-refractivity contribution is 0.127. The van der Waals surface area contributed by atoms with Crippen molar-refractivity contribution in [2.45, 2.75) is 55.9 Å². The number of aliphatic hydroxyl groups is 1. The second kappa shape index (κ2) is 17.3. The van der Waals surface area contributed by atoms with Gasteiger partial charge in [-0.3, -0.25) is 13.9 Å². The predicted octanol–water partition coefficient (Wildman–Crippen LogP) is 6.40. The van der Waals surface area contributed by atoms with Gasteiger partial charge in [0.15, 0.2) is 0 Å². The molecule has 0 radical (unpaired) electrons. The first-order valence-electron chi connectivity index (χ1n) is 15.5. The third-order valence-corrected chi connectivity index (χ3v) is 10.1. The van der Waals surface area contributed by atoms with E-state index in [1.165, 1.54) is 22.0 Å². The molecule has 47 heavy (non-hydrogen) atoms. The van der Waals surface area contributed by atoms with Crippen LogP contribution in [0.1, 0.15) is 42.0 Å². The Labute approximate surface area is 292 Å². The molecule has 13 heteroatoms. The summed E-state index contributed by atoms with van der Waals surface area (Å²) in [6.07, 6.45) is 5.83. The van der Waals surface area contributed by atoms with Gasteiger partial charge < -0.3 is 19.3 Å². The molecule has 3 aromatic carbocycles. The number of aliphatic imine (C=N–C) groups is 1. The molecule has 10 nitrogen and oxygen atoms in total. The number of halogens is 2. The second-order valence-electron chi connectivity index (χ2n) is 11.5. The highest BCUT2D eigenvalue weighted by molar-refractivity contribution is 9.10. The number of aromatic nitrogens is 2. The molecule has 0 spiro atoms. The zero-order chi connectivity index (χ0) is 33.2. The van der Waals surface area contributed by atoms with Gasteiger partial charge in [0.2, 0.25) is 0 Å². The molecular formula is C34H39Br2N3O7S. The molecule has 0 amide bonds. The van der Waals surface area contributed by atoms with Crippen LogP contribution in [-0.4, -0.2) is 81.4 Å². The second-order valence-corrected chi connectivity index (χ2v) is 14.9. The van der Waals surface area contributed by atoms with Gasteiger partial charge in [0.05, 0.1) is 55.1 Å². The number of hydrogen-bond donors (Lipinski definition) is 1. The monoisotopic (exact) mass is 791 g/mol. The summed E-state index contributed by atoms with van der Waals surface area (Å²) >= 11 is 6.87. The molecule has 4 aromatic rings. The highest BCUT2D eigenvalue weighted by Crippen LogP contribution is 2.26. The topological polar surface area (TPSA) is 121 Å². The van der Waals surface area contributed by atoms with Gasteiger partial charge in [-0.15, -0.1) is 0 Å². The number of fused-ring (bicyclic) bond motifs is 2. The summed E-state index contributed by atoms with van der Waals surface area (Å²) in [4.78, 5) is 4.35. The maximum absolute atomic E-state index is 11.8. The van der Waals surface area contributed by atoms with Crippen LogP contribution in [0.3, 0.4) is 0 Å². The van der Waals surface area contributed by atoms with Gasteiger partial charge in [-0.2, -0.15) is 13.5 Å². The summed E-state index contributed by atoms with van der Waals surface area (Å²) in [5, 5.41) is 14.2. The van der Waals surface area contributed by atoms with Gasteiger partial charge in [0.1, 0.15) is 6.10 Å². The molecule has 8 rings (SSSR count). The van der Waals surface area contributed by atoms with Crippen LogP contribution >= 0.6 is 31.9 Å². The predicted molar refractivity (Wildman–Crippen MR) is 187 cm³/mol. The number of aliphatic hydroxyl groups excluding tert-OH is 1. The van der Waals surface area contributed by atoms with Gasteiger partial charge in [0.25, 0.3) is 10.1 Å². The molecule has 3 atom stereocenters. The summed E-state index contributed by atoms with van der Waals surface area (Å²) < 4.78 is 48.3. The van der Waals surface area contributed by atoms with E-state index in [4.69, 9.17) is 23.5 Å². The molecule has 4 aliphatic heterocycles. The fourth-order valence-electron chi connectivity index (χ4n) is 5.15. The average molecular weight is 794 g/mol. The Morgan fingerprint density at radius 3 is 2.23 bits per heavy atom. The zero-order valence-corrected chi connectivity index (χ0v) is 30.1. The van der Waals surface area contributed by atoms with Crippen molar-refractivity contribution in [3.8, 4) is 0 Å². The number of hydrogen-bond acceptors (Lipinski definition) is 9. The van der Waals surface area contributed by atoms with Crippen molar-refractivity contribution in [2.75, 3.05) is 39.6 Å². The van der Waals surface area contributed by atoms with Gasteiger partial charge in [-0.1, -0.05) is 55.6 Å². The minimum atomic E-state index is -3.64. The molecule has 3 fully saturated rings.